The minimum absolute atomic E-state index is 0.339. The summed E-state index contributed by atoms with van der Waals surface area (Å²) in [4.78, 5) is 19.6. The van der Waals surface area contributed by atoms with Crippen LogP contribution >= 0.6 is 0 Å². The van der Waals surface area contributed by atoms with Crippen LogP contribution in [0.3, 0.4) is 0 Å². The van der Waals surface area contributed by atoms with E-state index in [-0.39, 0.29) is 5.97 Å². The minimum Gasteiger partial charge on any atom is -0.481 e. The first-order valence-electron chi connectivity index (χ1n) is 5.52. The number of carboxylic acids is 1. The van der Waals surface area contributed by atoms with Gasteiger partial charge in [0.15, 0.2) is 0 Å². The summed E-state index contributed by atoms with van der Waals surface area (Å²) in [5.41, 5.74) is 0.836. The molecular weight excluding hydrogens is 236 g/mol. The maximum absolute atomic E-state index is 10.6. The Morgan fingerprint density at radius 2 is 1.67 bits per heavy atom. The summed E-state index contributed by atoms with van der Waals surface area (Å²) in [5, 5.41) is 16.9. The van der Waals surface area contributed by atoms with Crippen LogP contribution in [0.1, 0.15) is 38.9 Å². The van der Waals surface area contributed by atoms with E-state index in [0.717, 1.165) is 12.5 Å². The molecule has 5 heteroatoms. The van der Waals surface area contributed by atoms with Crippen LogP contribution in [0.5, 0.6) is 5.75 Å². The van der Waals surface area contributed by atoms with Crippen molar-refractivity contribution in [2.75, 3.05) is 0 Å². The molecule has 0 aromatic heterocycles. The maximum Gasteiger partial charge on any atom is 0.308 e. The molecule has 1 aromatic carbocycles. The van der Waals surface area contributed by atoms with Gasteiger partial charge in [0.05, 0.1) is 6.10 Å². The normalized spacial score (nSPS) is 10.9. The van der Waals surface area contributed by atoms with Crippen molar-refractivity contribution in [3.63, 3.8) is 0 Å². The fourth-order valence-electron chi connectivity index (χ4n) is 1.16. The van der Waals surface area contributed by atoms with Crippen LogP contribution in [-0.4, -0.2) is 22.2 Å². The predicted octanol–water partition coefficient (Wildman–Crippen LogP) is 2.15. The van der Waals surface area contributed by atoms with Gasteiger partial charge in [0.25, 0.3) is 5.97 Å². The van der Waals surface area contributed by atoms with Crippen LogP contribution in [0.25, 0.3) is 0 Å². The van der Waals surface area contributed by atoms with Gasteiger partial charge >= 0.3 is 5.97 Å². The van der Waals surface area contributed by atoms with Gasteiger partial charge in [-0.2, -0.15) is 0 Å². The van der Waals surface area contributed by atoms with Crippen molar-refractivity contribution in [1.29, 1.82) is 0 Å². The van der Waals surface area contributed by atoms with Gasteiger partial charge in [0.2, 0.25) is 0 Å². The number of esters is 1. The first kappa shape index (κ1) is 16.1. The van der Waals surface area contributed by atoms with Gasteiger partial charge in [0.1, 0.15) is 5.75 Å². The van der Waals surface area contributed by atoms with E-state index >= 15 is 0 Å². The van der Waals surface area contributed by atoms with Crippen LogP contribution < -0.4 is 4.74 Å². The Hall–Kier alpha value is -1.88. The summed E-state index contributed by atoms with van der Waals surface area (Å²) < 4.78 is 4.86. The predicted molar refractivity (Wildman–Crippen MR) is 66.3 cm³/mol. The molecule has 0 aliphatic heterocycles. The van der Waals surface area contributed by atoms with Gasteiger partial charge in [-0.1, -0.05) is 19.1 Å². The maximum atomic E-state index is 10.6. The molecule has 1 atom stereocenters. The van der Waals surface area contributed by atoms with E-state index in [4.69, 9.17) is 14.6 Å². The minimum atomic E-state index is -0.833. The van der Waals surface area contributed by atoms with E-state index in [1.54, 1.807) is 24.3 Å². The Morgan fingerprint density at radius 1 is 1.22 bits per heavy atom. The monoisotopic (exact) mass is 254 g/mol. The molecule has 0 saturated heterocycles. The van der Waals surface area contributed by atoms with Crippen molar-refractivity contribution in [1.82, 2.24) is 0 Å². The molecule has 1 aromatic rings. The summed E-state index contributed by atoms with van der Waals surface area (Å²) in [6.07, 6.45) is 0.230. The number of rotatable bonds is 3. The van der Waals surface area contributed by atoms with Crippen molar-refractivity contribution >= 4 is 11.9 Å². The first-order valence-corrected chi connectivity index (χ1v) is 5.52. The lowest BCUT2D eigenvalue weighted by molar-refractivity contribution is -0.134. The van der Waals surface area contributed by atoms with Crippen molar-refractivity contribution < 1.29 is 24.5 Å². The fraction of sp³-hybridized carbons (Fsp3) is 0.385. The third-order valence-corrected chi connectivity index (χ3v) is 1.91. The number of carboxylic acid groups (broad SMARTS) is 1. The van der Waals surface area contributed by atoms with Gasteiger partial charge < -0.3 is 14.9 Å². The summed E-state index contributed by atoms with van der Waals surface area (Å²) in [7, 11) is 0. The Kier molecular flexibility index (Phi) is 7.38. The molecule has 0 heterocycles. The molecular formula is C13H18O5. The SMILES string of the molecule is CC(=O)O.CCC(O)c1ccc(OC(C)=O)cc1. The highest BCUT2D eigenvalue weighted by molar-refractivity contribution is 5.69. The standard InChI is InChI=1S/C11H14O3.C2H4O2/c1-3-11(13)9-4-6-10(7-5-9)14-8(2)12;1-2(3)4/h4-7,11,13H,3H2,1-2H3;1H3,(H,3,4). The molecule has 1 rings (SSSR count). The molecule has 5 nitrogen and oxygen atoms in total. The highest BCUT2D eigenvalue weighted by Crippen LogP contribution is 2.19. The van der Waals surface area contributed by atoms with Gasteiger partial charge in [0, 0.05) is 13.8 Å². The Labute approximate surface area is 106 Å². The fourth-order valence-corrected chi connectivity index (χ4v) is 1.16. The number of carbonyl (C=O) groups excluding carboxylic acids is 1. The molecule has 100 valence electrons. The molecule has 0 aliphatic rings. The number of hydrogen-bond acceptors (Lipinski definition) is 4. The molecule has 0 amide bonds. The van der Waals surface area contributed by atoms with Gasteiger partial charge in [-0.15, -0.1) is 0 Å². The average Bonchev–Trinajstić information content (AvgIpc) is 2.27. The number of ether oxygens (including phenoxy) is 1. The van der Waals surface area contributed by atoms with Gasteiger partial charge in [-0.05, 0) is 24.1 Å². The van der Waals surface area contributed by atoms with E-state index in [1.165, 1.54) is 6.92 Å². The zero-order valence-electron chi connectivity index (χ0n) is 10.7. The van der Waals surface area contributed by atoms with Crippen LogP contribution in [0.4, 0.5) is 0 Å². The summed E-state index contributed by atoms with van der Waals surface area (Å²) >= 11 is 0. The van der Waals surface area contributed by atoms with Crippen molar-refractivity contribution in [2.45, 2.75) is 33.3 Å². The number of aliphatic hydroxyl groups is 1. The second-order valence-corrected chi connectivity index (χ2v) is 3.61. The molecule has 18 heavy (non-hydrogen) atoms. The molecule has 0 aliphatic carbocycles. The zero-order chi connectivity index (χ0) is 14.1. The van der Waals surface area contributed by atoms with Crippen molar-refractivity contribution in [3.05, 3.63) is 29.8 Å². The quantitative estimate of drug-likeness (QED) is 0.637. The number of hydrogen-bond donors (Lipinski definition) is 2. The second-order valence-electron chi connectivity index (χ2n) is 3.61. The molecule has 0 saturated carbocycles. The van der Waals surface area contributed by atoms with Gasteiger partial charge in [-0.25, -0.2) is 0 Å². The summed E-state index contributed by atoms with van der Waals surface area (Å²) in [6.45, 7) is 4.35. The number of aliphatic hydroxyl groups excluding tert-OH is 1. The molecule has 1 unspecified atom stereocenters. The van der Waals surface area contributed by atoms with Crippen LogP contribution in [0.2, 0.25) is 0 Å². The first-order chi connectivity index (χ1) is 8.36. The lowest BCUT2D eigenvalue weighted by Gasteiger charge is -2.08. The number of aliphatic carboxylic acids is 1. The van der Waals surface area contributed by atoms with Crippen LogP contribution in [-0.2, 0) is 9.59 Å². The van der Waals surface area contributed by atoms with Crippen molar-refractivity contribution in [3.8, 4) is 5.75 Å². The molecule has 0 fully saturated rings. The van der Waals surface area contributed by atoms with Crippen molar-refractivity contribution in [2.24, 2.45) is 0 Å². The van der Waals surface area contributed by atoms with E-state index in [9.17, 15) is 9.90 Å². The summed E-state index contributed by atoms with van der Waals surface area (Å²) in [5.74, 6) is -0.668. The molecule has 0 radical (unpaired) electrons. The number of benzene rings is 1. The molecule has 0 spiro atoms. The molecule has 2 N–H and O–H groups in total. The highest BCUT2D eigenvalue weighted by Gasteiger charge is 2.04. The molecule has 0 bridgehead atoms. The highest BCUT2D eigenvalue weighted by atomic mass is 16.5. The van der Waals surface area contributed by atoms with Crippen LogP contribution in [0.15, 0.2) is 24.3 Å². The van der Waals surface area contributed by atoms with E-state index in [0.29, 0.717) is 12.2 Å². The lowest BCUT2D eigenvalue weighted by atomic mass is 10.1. The smallest absolute Gasteiger partial charge is 0.308 e. The van der Waals surface area contributed by atoms with E-state index in [2.05, 4.69) is 0 Å². The zero-order valence-corrected chi connectivity index (χ0v) is 10.7. The Bertz CT molecular complexity index is 379. The van der Waals surface area contributed by atoms with Gasteiger partial charge in [-0.3, -0.25) is 9.59 Å². The topological polar surface area (TPSA) is 83.8 Å². The number of carbonyl (C=O) groups is 2. The Balaban J connectivity index is 0.000000631. The van der Waals surface area contributed by atoms with Crippen LogP contribution in [0, 0.1) is 0 Å². The lowest BCUT2D eigenvalue weighted by Crippen LogP contribution is -2.01. The largest absolute Gasteiger partial charge is 0.481 e. The third-order valence-electron chi connectivity index (χ3n) is 1.91. The third kappa shape index (κ3) is 7.40. The average molecular weight is 254 g/mol. The van der Waals surface area contributed by atoms with E-state index < -0.39 is 12.1 Å². The second kappa shape index (κ2) is 8.25. The van der Waals surface area contributed by atoms with E-state index in [1.807, 2.05) is 6.92 Å². The Morgan fingerprint density at radius 3 is 2.00 bits per heavy atom. The summed E-state index contributed by atoms with van der Waals surface area (Å²) in [6, 6.07) is 6.87.